The molecule has 1 unspecified atom stereocenters. The van der Waals surface area contributed by atoms with Gasteiger partial charge in [-0.2, -0.15) is 0 Å². The molecule has 0 spiro atoms. The van der Waals surface area contributed by atoms with Gasteiger partial charge in [0.2, 0.25) is 0 Å². The Kier molecular flexibility index (Phi) is 4.97. The lowest BCUT2D eigenvalue weighted by Crippen LogP contribution is -2.19. The molecule has 0 radical (unpaired) electrons. The molecule has 0 aliphatic carbocycles. The third kappa shape index (κ3) is 3.13. The summed E-state index contributed by atoms with van der Waals surface area (Å²) in [5.74, 6) is 0.681. The topological polar surface area (TPSA) is 70.8 Å². The maximum atomic E-state index is 11.6. The van der Waals surface area contributed by atoms with Crippen molar-refractivity contribution in [2.45, 2.75) is 19.4 Å². The second-order valence-electron chi connectivity index (χ2n) is 4.04. The molecule has 0 aliphatic rings. The molecule has 1 rings (SSSR count). The Morgan fingerprint density at radius 3 is 2.39 bits per heavy atom. The van der Waals surface area contributed by atoms with Crippen molar-refractivity contribution < 1.29 is 19.0 Å². The van der Waals surface area contributed by atoms with Crippen LogP contribution in [0.1, 0.15) is 22.8 Å². The fraction of sp³-hybridized carbons (Fsp3) is 0.462. The molecule has 0 amide bonds. The number of hydrogen-bond donors (Lipinski definition) is 1. The van der Waals surface area contributed by atoms with E-state index >= 15 is 0 Å². The van der Waals surface area contributed by atoms with Crippen LogP contribution in [0.2, 0.25) is 0 Å². The summed E-state index contributed by atoms with van der Waals surface area (Å²) in [7, 11) is 4.42. The molecule has 18 heavy (non-hydrogen) atoms. The van der Waals surface area contributed by atoms with Crippen LogP contribution in [0.4, 0.5) is 0 Å². The summed E-state index contributed by atoms with van der Waals surface area (Å²) in [6.07, 6.45) is 0.588. The molecular weight excluding hydrogens is 234 g/mol. The normalized spacial score (nSPS) is 11.8. The maximum Gasteiger partial charge on any atom is 0.337 e. The van der Waals surface area contributed by atoms with E-state index in [1.807, 2.05) is 6.92 Å². The van der Waals surface area contributed by atoms with Crippen molar-refractivity contribution >= 4 is 5.97 Å². The Morgan fingerprint density at radius 1 is 1.28 bits per heavy atom. The number of rotatable bonds is 5. The summed E-state index contributed by atoms with van der Waals surface area (Å²) >= 11 is 0. The molecule has 0 fully saturated rings. The van der Waals surface area contributed by atoms with Crippen molar-refractivity contribution in [3.8, 4) is 11.5 Å². The molecule has 0 aromatic heterocycles. The quantitative estimate of drug-likeness (QED) is 0.803. The second kappa shape index (κ2) is 6.26. The van der Waals surface area contributed by atoms with Gasteiger partial charge >= 0.3 is 5.97 Å². The largest absolute Gasteiger partial charge is 0.493 e. The van der Waals surface area contributed by atoms with Gasteiger partial charge in [-0.15, -0.1) is 0 Å². The highest BCUT2D eigenvalue weighted by Gasteiger charge is 2.17. The summed E-state index contributed by atoms with van der Waals surface area (Å²) in [5, 5.41) is 0. The minimum Gasteiger partial charge on any atom is -0.493 e. The van der Waals surface area contributed by atoms with E-state index < -0.39 is 5.97 Å². The molecule has 1 aromatic rings. The number of ether oxygens (including phenoxy) is 3. The number of methoxy groups -OCH3 is 3. The molecule has 5 heteroatoms. The minimum absolute atomic E-state index is 0.0449. The maximum absolute atomic E-state index is 11.6. The molecule has 100 valence electrons. The zero-order valence-electron chi connectivity index (χ0n) is 11.1. The van der Waals surface area contributed by atoms with Crippen molar-refractivity contribution in [2.75, 3.05) is 21.3 Å². The lowest BCUT2D eigenvalue weighted by molar-refractivity contribution is 0.0600. The third-order valence-electron chi connectivity index (χ3n) is 2.52. The fourth-order valence-corrected chi connectivity index (χ4v) is 1.78. The molecule has 0 heterocycles. The van der Waals surface area contributed by atoms with E-state index in [1.54, 1.807) is 19.2 Å². The van der Waals surface area contributed by atoms with Crippen molar-refractivity contribution in [2.24, 2.45) is 5.73 Å². The first-order chi connectivity index (χ1) is 8.53. The first kappa shape index (κ1) is 14.3. The molecule has 0 bridgehead atoms. The van der Waals surface area contributed by atoms with Gasteiger partial charge in [0.15, 0.2) is 11.5 Å². The number of benzene rings is 1. The van der Waals surface area contributed by atoms with Crippen LogP contribution in [0.5, 0.6) is 11.5 Å². The van der Waals surface area contributed by atoms with E-state index in [9.17, 15) is 4.79 Å². The summed E-state index contributed by atoms with van der Waals surface area (Å²) in [5.41, 5.74) is 7.03. The van der Waals surface area contributed by atoms with E-state index in [1.165, 1.54) is 14.2 Å². The molecule has 2 N–H and O–H groups in total. The zero-order valence-corrected chi connectivity index (χ0v) is 11.1. The average Bonchev–Trinajstić information content (AvgIpc) is 2.35. The van der Waals surface area contributed by atoms with Gasteiger partial charge in [-0.3, -0.25) is 0 Å². The van der Waals surface area contributed by atoms with Crippen molar-refractivity contribution in [1.82, 2.24) is 0 Å². The highest BCUT2D eigenvalue weighted by molar-refractivity contribution is 5.90. The fourth-order valence-electron chi connectivity index (χ4n) is 1.78. The van der Waals surface area contributed by atoms with Gasteiger partial charge in [-0.25, -0.2) is 4.79 Å². The average molecular weight is 253 g/mol. The van der Waals surface area contributed by atoms with Crippen LogP contribution in [0, 0.1) is 0 Å². The number of nitrogens with two attached hydrogens (primary N) is 1. The SMILES string of the molecule is COC(=O)c1cc(CC(C)N)c(OC)c(OC)c1. The molecule has 5 nitrogen and oxygen atoms in total. The minimum atomic E-state index is -0.415. The Morgan fingerprint density at radius 2 is 1.94 bits per heavy atom. The zero-order chi connectivity index (χ0) is 13.7. The van der Waals surface area contributed by atoms with Crippen LogP contribution in [-0.4, -0.2) is 33.3 Å². The third-order valence-corrected chi connectivity index (χ3v) is 2.52. The van der Waals surface area contributed by atoms with E-state index in [4.69, 9.17) is 19.9 Å². The van der Waals surface area contributed by atoms with Gasteiger partial charge in [0.05, 0.1) is 26.9 Å². The highest BCUT2D eigenvalue weighted by atomic mass is 16.5. The Balaban J connectivity index is 3.30. The van der Waals surface area contributed by atoms with Gasteiger partial charge < -0.3 is 19.9 Å². The number of esters is 1. The monoisotopic (exact) mass is 253 g/mol. The lowest BCUT2D eigenvalue weighted by Gasteiger charge is -2.15. The van der Waals surface area contributed by atoms with Crippen molar-refractivity contribution in [3.05, 3.63) is 23.3 Å². The molecular formula is C13H19NO4. The van der Waals surface area contributed by atoms with E-state index in [-0.39, 0.29) is 6.04 Å². The van der Waals surface area contributed by atoms with E-state index in [2.05, 4.69) is 0 Å². The van der Waals surface area contributed by atoms with E-state index in [0.29, 0.717) is 23.5 Å². The standard InChI is InChI=1S/C13H19NO4/c1-8(14)5-9-6-10(13(15)18-4)7-11(16-2)12(9)17-3/h6-8H,5,14H2,1-4H3. The first-order valence-corrected chi connectivity index (χ1v) is 5.62. The van der Waals surface area contributed by atoms with Crippen LogP contribution in [0.3, 0.4) is 0 Å². The summed E-state index contributed by atoms with van der Waals surface area (Å²) < 4.78 is 15.2. The summed E-state index contributed by atoms with van der Waals surface area (Å²) in [6.45, 7) is 1.89. The van der Waals surface area contributed by atoms with Crippen LogP contribution < -0.4 is 15.2 Å². The summed E-state index contributed by atoms with van der Waals surface area (Å²) in [4.78, 5) is 11.6. The number of carbonyl (C=O) groups is 1. The van der Waals surface area contributed by atoms with E-state index in [0.717, 1.165) is 5.56 Å². The molecule has 1 aromatic carbocycles. The van der Waals surface area contributed by atoms with Gasteiger partial charge in [0.1, 0.15) is 0 Å². The number of carbonyl (C=O) groups excluding carboxylic acids is 1. The van der Waals surface area contributed by atoms with Crippen LogP contribution >= 0.6 is 0 Å². The molecule has 0 saturated carbocycles. The highest BCUT2D eigenvalue weighted by Crippen LogP contribution is 2.33. The van der Waals surface area contributed by atoms with Gasteiger partial charge in [0.25, 0.3) is 0 Å². The predicted molar refractivity (Wildman–Crippen MR) is 68.2 cm³/mol. The molecule has 0 saturated heterocycles. The Bertz CT molecular complexity index is 429. The van der Waals surface area contributed by atoms with Crippen molar-refractivity contribution in [1.29, 1.82) is 0 Å². The lowest BCUT2D eigenvalue weighted by atomic mass is 10.0. The van der Waals surface area contributed by atoms with Crippen LogP contribution in [0.25, 0.3) is 0 Å². The molecule has 1 atom stereocenters. The smallest absolute Gasteiger partial charge is 0.337 e. The van der Waals surface area contributed by atoms with Gasteiger partial charge in [-0.05, 0) is 25.5 Å². The van der Waals surface area contributed by atoms with Crippen LogP contribution in [0.15, 0.2) is 12.1 Å². The second-order valence-corrected chi connectivity index (χ2v) is 4.04. The van der Waals surface area contributed by atoms with Gasteiger partial charge in [0, 0.05) is 11.6 Å². The van der Waals surface area contributed by atoms with Gasteiger partial charge in [-0.1, -0.05) is 0 Å². The first-order valence-electron chi connectivity index (χ1n) is 5.62. The van der Waals surface area contributed by atoms with Crippen LogP contribution in [-0.2, 0) is 11.2 Å². The predicted octanol–water partition coefficient (Wildman–Crippen LogP) is 1.38. The summed E-state index contributed by atoms with van der Waals surface area (Å²) in [6, 6.07) is 3.27. The Labute approximate surface area is 107 Å². The van der Waals surface area contributed by atoms with Crippen molar-refractivity contribution in [3.63, 3.8) is 0 Å². The Hall–Kier alpha value is -1.75. The number of hydrogen-bond acceptors (Lipinski definition) is 5. The molecule has 0 aliphatic heterocycles.